The van der Waals surface area contributed by atoms with Crippen molar-refractivity contribution in [3.63, 3.8) is 0 Å². The molecule has 1 fully saturated rings. The number of rotatable bonds is 5. The number of halogens is 2. The van der Waals surface area contributed by atoms with E-state index in [4.69, 9.17) is 4.74 Å². The van der Waals surface area contributed by atoms with E-state index >= 15 is 0 Å². The maximum absolute atomic E-state index is 13.3. The molecule has 0 saturated carbocycles. The topological polar surface area (TPSA) is 80.8 Å². The van der Waals surface area contributed by atoms with E-state index in [-0.39, 0.29) is 43.2 Å². The number of hydrogen-bond donors (Lipinski definition) is 0. The summed E-state index contributed by atoms with van der Waals surface area (Å²) in [6.45, 7) is 4.97. The molecule has 1 aliphatic heterocycles. The molecule has 0 amide bonds. The molecule has 150 valence electrons. The third kappa shape index (κ3) is 5.10. The van der Waals surface area contributed by atoms with Gasteiger partial charge in [-0.05, 0) is 31.0 Å². The van der Waals surface area contributed by atoms with E-state index in [1.807, 2.05) is 0 Å². The lowest BCUT2D eigenvalue weighted by molar-refractivity contribution is -0.154. The van der Waals surface area contributed by atoms with Crippen LogP contribution in [0, 0.1) is 23.0 Å². The fourth-order valence-electron chi connectivity index (χ4n) is 2.59. The van der Waals surface area contributed by atoms with Crippen molar-refractivity contribution >= 4 is 21.8 Å². The van der Waals surface area contributed by atoms with Crippen LogP contribution in [0.2, 0.25) is 0 Å². The molecular weight excluding hydrogens is 380 g/mol. The summed E-state index contributed by atoms with van der Waals surface area (Å²) < 4.78 is 57.6. The monoisotopic (exact) mass is 403 g/mol. The normalized spacial score (nSPS) is 16.9. The van der Waals surface area contributed by atoms with E-state index in [2.05, 4.69) is 0 Å². The van der Waals surface area contributed by atoms with E-state index in [0.29, 0.717) is 6.07 Å². The number of sulfonamides is 1. The summed E-state index contributed by atoms with van der Waals surface area (Å²) in [5, 5.41) is 0. The summed E-state index contributed by atoms with van der Waals surface area (Å²) in [5.41, 5.74) is -0.609. The first-order chi connectivity index (χ1) is 12.4. The Labute approximate surface area is 157 Å². The smallest absolute Gasteiger partial charge is 0.309 e. The molecule has 0 spiro atoms. The minimum Gasteiger partial charge on any atom is -0.457 e. The van der Waals surface area contributed by atoms with Crippen molar-refractivity contribution in [1.29, 1.82) is 0 Å². The Bertz CT molecular complexity index is 825. The maximum atomic E-state index is 13.3. The Hall–Kier alpha value is -1.87. The second-order valence-electron chi connectivity index (χ2n) is 7.54. The molecule has 0 aliphatic carbocycles. The molecule has 1 aromatic carbocycles. The number of carbonyl (C=O) groups is 2. The molecule has 0 unspecified atom stereocenters. The van der Waals surface area contributed by atoms with Crippen LogP contribution >= 0.6 is 0 Å². The summed E-state index contributed by atoms with van der Waals surface area (Å²) in [6.07, 6.45) is 0.455. The summed E-state index contributed by atoms with van der Waals surface area (Å²) in [6, 6.07) is 2.41. The lowest BCUT2D eigenvalue weighted by atomic mass is 9.91. The zero-order chi connectivity index (χ0) is 20.4. The first-order valence-electron chi connectivity index (χ1n) is 8.58. The van der Waals surface area contributed by atoms with Crippen LogP contribution in [0.5, 0.6) is 0 Å². The van der Waals surface area contributed by atoms with Crippen LogP contribution in [-0.2, 0) is 24.3 Å². The van der Waals surface area contributed by atoms with Crippen molar-refractivity contribution in [2.75, 3.05) is 19.7 Å². The average Bonchev–Trinajstić information content (AvgIpc) is 2.60. The van der Waals surface area contributed by atoms with Gasteiger partial charge in [0.25, 0.3) is 0 Å². The van der Waals surface area contributed by atoms with Crippen LogP contribution in [0.25, 0.3) is 0 Å². The van der Waals surface area contributed by atoms with E-state index in [1.54, 1.807) is 20.8 Å². The molecule has 1 saturated heterocycles. The van der Waals surface area contributed by atoms with E-state index in [9.17, 15) is 26.8 Å². The molecule has 0 N–H and O–H groups in total. The SMILES string of the molecule is CC(C)(C)C(=O)COC(=O)C1CCN(S(=O)(=O)c2ccc(F)c(F)c2)CC1. The van der Waals surface area contributed by atoms with Gasteiger partial charge >= 0.3 is 5.97 Å². The second-order valence-corrected chi connectivity index (χ2v) is 9.47. The quantitative estimate of drug-likeness (QED) is 0.706. The van der Waals surface area contributed by atoms with Gasteiger partial charge in [-0.3, -0.25) is 9.59 Å². The van der Waals surface area contributed by atoms with Gasteiger partial charge in [0.1, 0.15) is 0 Å². The average molecular weight is 403 g/mol. The van der Waals surface area contributed by atoms with Crippen molar-refractivity contribution < 1.29 is 31.5 Å². The highest BCUT2D eigenvalue weighted by molar-refractivity contribution is 7.89. The number of nitrogens with zero attached hydrogens (tertiary/aromatic N) is 1. The fourth-order valence-corrected chi connectivity index (χ4v) is 4.07. The third-order valence-corrected chi connectivity index (χ3v) is 6.39. The molecular formula is C18H23F2NO5S. The predicted molar refractivity (Wildman–Crippen MR) is 93.3 cm³/mol. The summed E-state index contributed by atoms with van der Waals surface area (Å²) in [5.74, 6) is -3.60. The molecule has 9 heteroatoms. The molecule has 1 aromatic rings. The van der Waals surface area contributed by atoms with Gasteiger partial charge in [-0.2, -0.15) is 4.31 Å². The van der Waals surface area contributed by atoms with Crippen LogP contribution in [0.4, 0.5) is 8.78 Å². The Morgan fingerprint density at radius 3 is 2.26 bits per heavy atom. The van der Waals surface area contributed by atoms with Gasteiger partial charge in [0.15, 0.2) is 24.0 Å². The standard InChI is InChI=1S/C18H23F2NO5S/c1-18(2,3)16(22)11-26-17(23)12-6-8-21(9-7-12)27(24,25)13-4-5-14(19)15(20)10-13/h4-5,10,12H,6-9,11H2,1-3H3. The zero-order valence-electron chi connectivity index (χ0n) is 15.5. The molecule has 27 heavy (non-hydrogen) atoms. The molecule has 1 aliphatic rings. The molecule has 0 bridgehead atoms. The number of hydrogen-bond acceptors (Lipinski definition) is 5. The molecule has 0 radical (unpaired) electrons. The largest absolute Gasteiger partial charge is 0.457 e. The number of Topliss-reactive ketones (excluding diaryl/α,β-unsaturated/α-hetero) is 1. The molecule has 1 heterocycles. The first kappa shape index (κ1) is 21.4. The van der Waals surface area contributed by atoms with Crippen molar-refractivity contribution in [1.82, 2.24) is 4.31 Å². The lowest BCUT2D eigenvalue weighted by Crippen LogP contribution is -2.41. The fraction of sp³-hybridized carbons (Fsp3) is 0.556. The summed E-state index contributed by atoms with van der Waals surface area (Å²) in [4.78, 5) is 23.6. The maximum Gasteiger partial charge on any atom is 0.309 e. The summed E-state index contributed by atoms with van der Waals surface area (Å²) >= 11 is 0. The van der Waals surface area contributed by atoms with Gasteiger partial charge in [-0.25, -0.2) is 17.2 Å². The van der Waals surface area contributed by atoms with Crippen molar-refractivity contribution in [2.24, 2.45) is 11.3 Å². The van der Waals surface area contributed by atoms with Crippen LogP contribution in [0.3, 0.4) is 0 Å². The number of esters is 1. The van der Waals surface area contributed by atoms with Crippen LogP contribution in [-0.4, -0.2) is 44.2 Å². The van der Waals surface area contributed by atoms with Crippen molar-refractivity contribution in [2.45, 2.75) is 38.5 Å². The number of ether oxygens (including phenoxy) is 1. The van der Waals surface area contributed by atoms with Gasteiger partial charge in [0.05, 0.1) is 10.8 Å². The van der Waals surface area contributed by atoms with Gasteiger partial charge < -0.3 is 4.74 Å². The van der Waals surface area contributed by atoms with Gasteiger partial charge in [-0.15, -0.1) is 0 Å². The minimum atomic E-state index is -3.98. The van der Waals surface area contributed by atoms with Crippen LogP contribution in [0.1, 0.15) is 33.6 Å². The van der Waals surface area contributed by atoms with Gasteiger partial charge in [0.2, 0.25) is 10.0 Å². The third-order valence-electron chi connectivity index (χ3n) is 4.50. The van der Waals surface area contributed by atoms with Crippen molar-refractivity contribution in [3.05, 3.63) is 29.8 Å². The van der Waals surface area contributed by atoms with Crippen LogP contribution in [0.15, 0.2) is 23.1 Å². The highest BCUT2D eigenvalue weighted by Gasteiger charge is 2.33. The minimum absolute atomic E-state index is 0.0499. The summed E-state index contributed by atoms with van der Waals surface area (Å²) in [7, 11) is -3.98. The number of benzene rings is 1. The second kappa shape index (κ2) is 8.02. The van der Waals surface area contributed by atoms with Gasteiger partial charge in [-0.1, -0.05) is 20.8 Å². The molecule has 2 rings (SSSR count). The molecule has 0 aromatic heterocycles. The molecule has 0 atom stereocenters. The first-order valence-corrected chi connectivity index (χ1v) is 10.0. The Morgan fingerprint density at radius 2 is 1.74 bits per heavy atom. The Kier molecular flexibility index (Phi) is 6.36. The van der Waals surface area contributed by atoms with E-state index in [1.165, 1.54) is 0 Å². The van der Waals surface area contributed by atoms with Gasteiger partial charge in [0, 0.05) is 18.5 Å². The highest BCUT2D eigenvalue weighted by atomic mass is 32.2. The van der Waals surface area contributed by atoms with E-state index < -0.39 is 39.0 Å². The number of ketones is 1. The predicted octanol–water partition coefficient (Wildman–Crippen LogP) is 2.52. The highest BCUT2D eigenvalue weighted by Crippen LogP contribution is 2.25. The number of carbonyl (C=O) groups excluding carboxylic acids is 2. The van der Waals surface area contributed by atoms with Crippen molar-refractivity contribution in [3.8, 4) is 0 Å². The lowest BCUT2D eigenvalue weighted by Gasteiger charge is -2.30. The Morgan fingerprint density at radius 1 is 1.15 bits per heavy atom. The Balaban J connectivity index is 1.95. The molecule has 6 nitrogen and oxygen atoms in total. The zero-order valence-corrected chi connectivity index (χ0v) is 16.3. The number of piperidine rings is 1. The van der Waals surface area contributed by atoms with E-state index in [0.717, 1.165) is 16.4 Å². The van der Waals surface area contributed by atoms with Crippen LogP contribution < -0.4 is 0 Å².